The van der Waals surface area contributed by atoms with Crippen LogP contribution < -0.4 is 0 Å². The molecule has 12 rings (SSSR count). The molecule has 0 atom stereocenters. The van der Waals surface area contributed by atoms with Gasteiger partial charge in [-0.3, -0.25) is 0 Å². The van der Waals surface area contributed by atoms with E-state index in [9.17, 15) is 5.26 Å². The van der Waals surface area contributed by atoms with Gasteiger partial charge in [0.1, 0.15) is 0 Å². The van der Waals surface area contributed by atoms with Crippen LogP contribution in [0.2, 0.25) is 0 Å². The lowest BCUT2D eigenvalue weighted by Gasteiger charge is -2.22. The summed E-state index contributed by atoms with van der Waals surface area (Å²) in [5, 5.41) is 12.0. The number of nitriles is 1. The van der Waals surface area contributed by atoms with E-state index in [0.717, 1.165) is 55.3 Å². The topological polar surface area (TPSA) is 67.4 Å². The highest BCUT2D eigenvalue weighted by Crippen LogP contribution is 2.51. The lowest BCUT2D eigenvalue weighted by molar-refractivity contribution is 0.660. The van der Waals surface area contributed by atoms with E-state index in [0.29, 0.717) is 23.0 Å². The van der Waals surface area contributed by atoms with Crippen molar-refractivity contribution in [2.45, 2.75) is 38.5 Å². The molecule has 298 valence electrons. The molecule has 2 heterocycles. The van der Waals surface area contributed by atoms with Crippen molar-refractivity contribution in [2.75, 3.05) is 0 Å². The number of nitrogens with zero attached hydrogens (tertiary/aromatic N) is 5. The number of fused-ring (bicyclic) bond motifs is 9. The highest BCUT2D eigenvalue weighted by atomic mass is 15.0. The van der Waals surface area contributed by atoms with Crippen LogP contribution in [-0.4, -0.2) is 19.5 Å². The molecule has 2 aromatic heterocycles. The molecule has 0 spiro atoms. The summed E-state index contributed by atoms with van der Waals surface area (Å²) in [7, 11) is 0. The molecule has 0 saturated heterocycles. The summed E-state index contributed by atoms with van der Waals surface area (Å²) in [5.74, 6) is 1.91. The Bertz CT molecular complexity index is 3570. The third-order valence-electron chi connectivity index (χ3n) is 13.7. The van der Waals surface area contributed by atoms with Gasteiger partial charge in [-0.25, -0.2) is 15.0 Å². The molecule has 2 aliphatic carbocycles. The van der Waals surface area contributed by atoms with Gasteiger partial charge in [0, 0.05) is 44.0 Å². The zero-order valence-electron chi connectivity index (χ0n) is 35.5. The van der Waals surface area contributed by atoms with Crippen molar-refractivity contribution in [2.24, 2.45) is 0 Å². The number of rotatable bonds is 5. The lowest BCUT2D eigenvalue weighted by atomic mass is 9.82. The van der Waals surface area contributed by atoms with Crippen molar-refractivity contribution in [3.05, 3.63) is 204 Å². The fraction of sp³-hybridized carbons (Fsp3) is 0.103. The summed E-state index contributed by atoms with van der Waals surface area (Å²) in [6, 6.07) is 64.7. The Kier molecular flexibility index (Phi) is 7.92. The van der Waals surface area contributed by atoms with E-state index in [1.807, 2.05) is 18.2 Å². The Hall–Kier alpha value is -7.94. The maximum atomic E-state index is 9.82. The van der Waals surface area contributed by atoms with Gasteiger partial charge < -0.3 is 4.57 Å². The van der Waals surface area contributed by atoms with Crippen molar-refractivity contribution in [3.8, 4) is 79.3 Å². The van der Waals surface area contributed by atoms with Crippen LogP contribution in [0.15, 0.2) is 176 Å². The summed E-state index contributed by atoms with van der Waals surface area (Å²) >= 11 is 0. The van der Waals surface area contributed by atoms with E-state index < -0.39 is 0 Å². The maximum absolute atomic E-state index is 9.82. The van der Waals surface area contributed by atoms with Gasteiger partial charge >= 0.3 is 0 Å². The summed E-state index contributed by atoms with van der Waals surface area (Å²) in [6.45, 7) is 9.22. The molecule has 0 N–H and O–H groups in total. The first-order valence-corrected chi connectivity index (χ1v) is 21.6. The largest absolute Gasteiger partial charge is 0.309 e. The van der Waals surface area contributed by atoms with Crippen molar-refractivity contribution in [1.82, 2.24) is 19.5 Å². The van der Waals surface area contributed by atoms with Gasteiger partial charge in [-0.2, -0.15) is 5.26 Å². The minimum Gasteiger partial charge on any atom is -0.309 e. The van der Waals surface area contributed by atoms with Crippen molar-refractivity contribution in [3.63, 3.8) is 0 Å². The molecule has 10 aromatic rings. The van der Waals surface area contributed by atoms with Crippen molar-refractivity contribution >= 4 is 21.8 Å². The van der Waals surface area contributed by atoms with Crippen molar-refractivity contribution in [1.29, 1.82) is 5.26 Å². The van der Waals surface area contributed by atoms with E-state index in [4.69, 9.17) is 15.0 Å². The maximum Gasteiger partial charge on any atom is 0.164 e. The number of hydrogen-bond donors (Lipinski definition) is 0. The van der Waals surface area contributed by atoms with Gasteiger partial charge in [0.25, 0.3) is 0 Å². The predicted molar refractivity (Wildman–Crippen MR) is 256 cm³/mol. The van der Waals surface area contributed by atoms with Gasteiger partial charge in [0.2, 0.25) is 0 Å². The van der Waals surface area contributed by atoms with Crippen molar-refractivity contribution < 1.29 is 0 Å². The second-order valence-corrected chi connectivity index (χ2v) is 18.0. The first-order chi connectivity index (χ1) is 30.7. The van der Waals surface area contributed by atoms with E-state index in [2.05, 4.69) is 196 Å². The molecule has 63 heavy (non-hydrogen) atoms. The van der Waals surface area contributed by atoms with E-state index in [-0.39, 0.29) is 10.8 Å². The zero-order chi connectivity index (χ0) is 42.6. The number of para-hydroxylation sites is 1. The Morgan fingerprint density at radius 3 is 1.59 bits per heavy atom. The van der Waals surface area contributed by atoms with E-state index in [1.165, 1.54) is 44.5 Å². The molecule has 0 fully saturated rings. The van der Waals surface area contributed by atoms with Gasteiger partial charge in [0.05, 0.1) is 22.7 Å². The zero-order valence-corrected chi connectivity index (χ0v) is 35.5. The molecule has 0 saturated carbocycles. The summed E-state index contributed by atoms with van der Waals surface area (Å²) in [4.78, 5) is 15.7. The molecule has 0 bridgehead atoms. The van der Waals surface area contributed by atoms with Gasteiger partial charge in [-0.15, -0.1) is 0 Å². The van der Waals surface area contributed by atoms with E-state index in [1.54, 1.807) is 0 Å². The summed E-state index contributed by atoms with van der Waals surface area (Å²) < 4.78 is 2.27. The fourth-order valence-electron chi connectivity index (χ4n) is 10.4. The normalized spacial score (nSPS) is 14.0. The highest BCUT2D eigenvalue weighted by Gasteiger charge is 2.37. The molecule has 2 aliphatic rings. The van der Waals surface area contributed by atoms with Gasteiger partial charge in [-0.05, 0) is 110 Å². The van der Waals surface area contributed by atoms with Crippen LogP contribution in [0.25, 0.3) is 95.0 Å². The fourth-order valence-corrected chi connectivity index (χ4v) is 10.4. The summed E-state index contributed by atoms with van der Waals surface area (Å²) in [6.07, 6.45) is 0. The molecular weight excluding hydrogens is 767 g/mol. The second kappa shape index (κ2) is 13.5. The Morgan fingerprint density at radius 1 is 0.397 bits per heavy atom. The minimum atomic E-state index is -0.159. The molecule has 0 aliphatic heterocycles. The summed E-state index contributed by atoms with van der Waals surface area (Å²) in [5.41, 5.74) is 18.9. The van der Waals surface area contributed by atoms with Crippen LogP contribution in [-0.2, 0) is 10.8 Å². The first kappa shape index (κ1) is 36.9. The Morgan fingerprint density at radius 2 is 0.889 bits per heavy atom. The number of aromatic nitrogens is 4. The Labute approximate surface area is 366 Å². The Balaban J connectivity index is 0.982. The minimum absolute atomic E-state index is 0.0977. The third-order valence-corrected chi connectivity index (χ3v) is 13.7. The van der Waals surface area contributed by atoms with Crippen LogP contribution in [0, 0.1) is 11.3 Å². The average molecular weight is 808 g/mol. The number of hydrogen-bond acceptors (Lipinski definition) is 4. The molecule has 0 radical (unpaired) electrons. The molecule has 5 nitrogen and oxygen atoms in total. The van der Waals surface area contributed by atoms with Crippen LogP contribution in [0.4, 0.5) is 0 Å². The second-order valence-electron chi connectivity index (χ2n) is 18.0. The van der Waals surface area contributed by atoms with Crippen LogP contribution >= 0.6 is 0 Å². The van der Waals surface area contributed by atoms with Crippen LogP contribution in [0.5, 0.6) is 0 Å². The lowest BCUT2D eigenvalue weighted by Crippen LogP contribution is -2.15. The average Bonchev–Trinajstić information content (AvgIpc) is 3.87. The monoisotopic (exact) mass is 807 g/mol. The highest BCUT2D eigenvalue weighted by molar-refractivity contribution is 6.11. The SMILES string of the molecule is CC1(C)c2ccccc2-c2cc(-c3nc(-c4ccc(-c5ccc6c(c5)c5cc(C#N)ccc5n6-c5ccccc5)cc4)nc(-c4ccc5c(c4)C(C)(C)c4ccccc4-5)n3)ccc21. The quantitative estimate of drug-likeness (QED) is 0.174. The predicted octanol–water partition coefficient (Wildman–Crippen LogP) is 14.1. The number of benzene rings is 8. The van der Waals surface area contributed by atoms with Crippen LogP contribution in [0.3, 0.4) is 0 Å². The van der Waals surface area contributed by atoms with E-state index >= 15 is 0 Å². The molecule has 0 unspecified atom stereocenters. The molecule has 0 amide bonds. The molecular formula is C58H41N5. The van der Waals surface area contributed by atoms with Gasteiger partial charge in [0.15, 0.2) is 17.5 Å². The smallest absolute Gasteiger partial charge is 0.164 e. The van der Waals surface area contributed by atoms with Crippen LogP contribution in [0.1, 0.15) is 55.5 Å². The molecule has 8 aromatic carbocycles. The van der Waals surface area contributed by atoms with Gasteiger partial charge in [-0.1, -0.05) is 149 Å². The standard InChI is InChI=1S/C58H41N5/c1-57(2)49-17-11-9-15-43(49)45-32-39(24-27-50(45)57)55-60-54(61-56(62-55)40-23-26-44-42-14-8-10-16-48(42)58(3,4)51(44)33-40)37-21-19-36(20-22-37)38-25-29-53-47(31-38)46-30-35(34-59)18-28-52(46)63(53)41-12-6-5-7-13-41/h5-33H,1-4H3. The first-order valence-electron chi connectivity index (χ1n) is 21.6. The third kappa shape index (κ3) is 5.58. The molecule has 5 heteroatoms.